The topological polar surface area (TPSA) is 55.4 Å². The van der Waals surface area contributed by atoms with Gasteiger partial charge in [0.2, 0.25) is 0 Å². The molecular formula is C22H18FNO3S. The number of halogens is 1. The van der Waals surface area contributed by atoms with Crippen LogP contribution in [0, 0.1) is 5.82 Å². The highest BCUT2D eigenvalue weighted by Gasteiger charge is 2.15. The molecular weight excluding hydrogens is 377 g/mol. The Hall–Kier alpha value is -3.25. The van der Waals surface area contributed by atoms with E-state index >= 15 is 0 Å². The molecule has 0 fully saturated rings. The van der Waals surface area contributed by atoms with Crippen LogP contribution in [0.3, 0.4) is 0 Å². The first kappa shape index (κ1) is 19.5. The molecule has 0 aliphatic carbocycles. The summed E-state index contributed by atoms with van der Waals surface area (Å²) in [7, 11) is 0. The Labute approximate surface area is 166 Å². The molecule has 3 aromatic rings. The van der Waals surface area contributed by atoms with E-state index in [9.17, 15) is 14.0 Å². The molecule has 3 rings (SSSR count). The van der Waals surface area contributed by atoms with Gasteiger partial charge < -0.3 is 10.1 Å². The van der Waals surface area contributed by atoms with Crippen molar-refractivity contribution < 1.29 is 18.7 Å². The number of rotatable bonds is 6. The van der Waals surface area contributed by atoms with Crippen LogP contribution in [0.25, 0.3) is 17.2 Å². The first-order chi connectivity index (χ1) is 13.6. The van der Waals surface area contributed by atoms with Crippen LogP contribution in [-0.2, 0) is 9.53 Å². The molecule has 0 saturated carbocycles. The monoisotopic (exact) mass is 395 g/mol. The van der Waals surface area contributed by atoms with Crippen LogP contribution in [0.5, 0.6) is 0 Å². The summed E-state index contributed by atoms with van der Waals surface area (Å²) in [5.74, 6) is -0.947. The van der Waals surface area contributed by atoms with Crippen molar-refractivity contribution in [3.8, 4) is 11.1 Å². The van der Waals surface area contributed by atoms with Gasteiger partial charge in [0.25, 0.3) is 5.91 Å². The summed E-state index contributed by atoms with van der Waals surface area (Å²) >= 11 is 1.33. The summed E-state index contributed by atoms with van der Waals surface area (Å²) in [6.07, 6.45) is 3.01. The van der Waals surface area contributed by atoms with E-state index in [4.69, 9.17) is 4.74 Å². The molecule has 0 aliphatic heterocycles. The minimum absolute atomic E-state index is 0.232. The fourth-order valence-corrected chi connectivity index (χ4v) is 3.37. The number of thiophene rings is 1. The highest BCUT2D eigenvalue weighted by Crippen LogP contribution is 2.29. The molecule has 0 aliphatic rings. The largest absolute Gasteiger partial charge is 0.463 e. The molecule has 28 heavy (non-hydrogen) atoms. The van der Waals surface area contributed by atoms with Gasteiger partial charge in [-0.25, -0.2) is 9.18 Å². The van der Waals surface area contributed by atoms with Crippen molar-refractivity contribution in [2.45, 2.75) is 6.92 Å². The molecule has 0 unspecified atom stereocenters. The summed E-state index contributed by atoms with van der Waals surface area (Å²) in [5.41, 5.74) is 3.00. The Balaban J connectivity index is 1.70. The maximum absolute atomic E-state index is 13.1. The number of nitrogens with one attached hydrogen (secondary N) is 1. The quantitative estimate of drug-likeness (QED) is 0.450. The van der Waals surface area contributed by atoms with Crippen molar-refractivity contribution >= 4 is 35.0 Å². The standard InChI is InChI=1S/C22H18FNO3S/c1-2-27-20(25)12-5-15-3-10-18(11-4-15)24-22(26)21-19(13-14-28-21)16-6-8-17(23)9-7-16/h3-14H,2H2,1H3,(H,24,26)/b12-5-. The molecule has 0 bridgehead atoms. The number of esters is 1. The summed E-state index contributed by atoms with van der Waals surface area (Å²) in [4.78, 5) is 24.6. The molecule has 0 radical (unpaired) electrons. The van der Waals surface area contributed by atoms with Gasteiger partial charge in [0.1, 0.15) is 5.82 Å². The third kappa shape index (κ3) is 4.92. The van der Waals surface area contributed by atoms with Gasteiger partial charge >= 0.3 is 5.97 Å². The lowest BCUT2D eigenvalue weighted by Gasteiger charge is -2.07. The minimum atomic E-state index is -0.397. The Morgan fingerprint density at radius 1 is 1.07 bits per heavy atom. The van der Waals surface area contributed by atoms with Crippen LogP contribution in [-0.4, -0.2) is 18.5 Å². The van der Waals surface area contributed by atoms with Crippen LogP contribution in [0.15, 0.2) is 66.1 Å². The maximum atomic E-state index is 13.1. The van der Waals surface area contributed by atoms with E-state index in [0.29, 0.717) is 17.2 Å². The highest BCUT2D eigenvalue weighted by molar-refractivity contribution is 7.12. The zero-order valence-corrected chi connectivity index (χ0v) is 16.0. The Morgan fingerprint density at radius 2 is 1.79 bits per heavy atom. The van der Waals surface area contributed by atoms with E-state index in [1.54, 1.807) is 49.4 Å². The molecule has 1 aromatic heterocycles. The van der Waals surface area contributed by atoms with Gasteiger partial charge in [0.15, 0.2) is 0 Å². The second kappa shape index (κ2) is 9.10. The lowest BCUT2D eigenvalue weighted by molar-refractivity contribution is -0.137. The van der Waals surface area contributed by atoms with Gasteiger partial charge in [-0.1, -0.05) is 24.3 Å². The Kier molecular flexibility index (Phi) is 6.34. The summed E-state index contributed by atoms with van der Waals surface area (Å²) in [6, 6.07) is 15.0. The molecule has 142 valence electrons. The summed E-state index contributed by atoms with van der Waals surface area (Å²) in [6.45, 7) is 2.08. The van der Waals surface area contributed by atoms with E-state index in [1.807, 2.05) is 11.4 Å². The first-order valence-corrected chi connectivity index (χ1v) is 9.54. The number of benzene rings is 2. The van der Waals surface area contributed by atoms with Crippen molar-refractivity contribution in [3.63, 3.8) is 0 Å². The molecule has 2 aromatic carbocycles. The number of anilines is 1. The molecule has 0 saturated heterocycles. The fourth-order valence-electron chi connectivity index (χ4n) is 2.56. The number of amides is 1. The number of ether oxygens (including phenoxy) is 1. The van der Waals surface area contributed by atoms with Gasteiger partial charge in [0.05, 0.1) is 11.5 Å². The van der Waals surface area contributed by atoms with Crippen LogP contribution in [0.4, 0.5) is 10.1 Å². The van der Waals surface area contributed by atoms with Gasteiger partial charge in [0, 0.05) is 17.3 Å². The molecule has 0 atom stereocenters. The van der Waals surface area contributed by atoms with Crippen molar-refractivity contribution in [2.24, 2.45) is 0 Å². The predicted octanol–water partition coefficient (Wildman–Crippen LogP) is 5.38. The zero-order chi connectivity index (χ0) is 19.9. The molecule has 4 nitrogen and oxygen atoms in total. The Morgan fingerprint density at radius 3 is 2.46 bits per heavy atom. The molecule has 1 N–H and O–H groups in total. The van der Waals surface area contributed by atoms with Crippen molar-refractivity contribution in [2.75, 3.05) is 11.9 Å². The average Bonchev–Trinajstić information content (AvgIpc) is 3.18. The van der Waals surface area contributed by atoms with E-state index in [1.165, 1.54) is 29.5 Å². The lowest BCUT2D eigenvalue weighted by atomic mass is 10.1. The van der Waals surface area contributed by atoms with E-state index in [0.717, 1.165) is 16.7 Å². The summed E-state index contributed by atoms with van der Waals surface area (Å²) in [5, 5.41) is 4.69. The van der Waals surface area contributed by atoms with Gasteiger partial charge in [-0.3, -0.25) is 4.79 Å². The first-order valence-electron chi connectivity index (χ1n) is 8.66. The van der Waals surface area contributed by atoms with Crippen molar-refractivity contribution in [1.29, 1.82) is 0 Å². The van der Waals surface area contributed by atoms with E-state index < -0.39 is 5.97 Å². The molecule has 1 amide bonds. The average molecular weight is 395 g/mol. The highest BCUT2D eigenvalue weighted by atomic mass is 32.1. The van der Waals surface area contributed by atoms with Crippen molar-refractivity contribution in [1.82, 2.24) is 0 Å². The number of carbonyl (C=O) groups excluding carboxylic acids is 2. The second-order valence-corrected chi connectivity index (χ2v) is 6.75. The molecule has 1 heterocycles. The van der Waals surface area contributed by atoms with Crippen molar-refractivity contribution in [3.05, 3.63) is 82.3 Å². The summed E-state index contributed by atoms with van der Waals surface area (Å²) < 4.78 is 18.0. The normalized spacial score (nSPS) is 10.8. The molecule has 0 spiro atoms. The van der Waals surface area contributed by atoms with Gasteiger partial charge in [-0.05, 0) is 59.8 Å². The smallest absolute Gasteiger partial charge is 0.330 e. The fraction of sp³-hybridized carbons (Fsp3) is 0.0909. The van der Waals surface area contributed by atoms with Gasteiger partial charge in [-0.2, -0.15) is 0 Å². The lowest BCUT2D eigenvalue weighted by Crippen LogP contribution is -2.11. The third-order valence-corrected chi connectivity index (χ3v) is 4.81. The number of hydrogen-bond donors (Lipinski definition) is 1. The van der Waals surface area contributed by atoms with E-state index in [-0.39, 0.29) is 11.7 Å². The van der Waals surface area contributed by atoms with Crippen LogP contribution in [0.2, 0.25) is 0 Å². The SMILES string of the molecule is CCOC(=O)/C=C\c1ccc(NC(=O)c2sccc2-c2ccc(F)cc2)cc1. The molecule has 6 heteroatoms. The zero-order valence-electron chi connectivity index (χ0n) is 15.1. The minimum Gasteiger partial charge on any atom is -0.463 e. The Bertz CT molecular complexity index is 991. The number of carbonyl (C=O) groups is 2. The van der Waals surface area contributed by atoms with Gasteiger partial charge in [-0.15, -0.1) is 11.3 Å². The van der Waals surface area contributed by atoms with E-state index in [2.05, 4.69) is 5.32 Å². The van der Waals surface area contributed by atoms with Crippen LogP contribution >= 0.6 is 11.3 Å². The van der Waals surface area contributed by atoms with Crippen LogP contribution < -0.4 is 5.32 Å². The predicted molar refractivity (Wildman–Crippen MR) is 110 cm³/mol. The maximum Gasteiger partial charge on any atom is 0.330 e. The number of hydrogen-bond acceptors (Lipinski definition) is 4. The second-order valence-electron chi connectivity index (χ2n) is 5.83. The third-order valence-electron chi connectivity index (χ3n) is 3.89. The van der Waals surface area contributed by atoms with Crippen LogP contribution in [0.1, 0.15) is 22.2 Å².